The van der Waals surface area contributed by atoms with Gasteiger partial charge in [-0.25, -0.2) is 4.98 Å². The molecule has 1 aliphatic rings. The van der Waals surface area contributed by atoms with Crippen LogP contribution in [0.5, 0.6) is 0 Å². The Labute approximate surface area is 153 Å². The number of oxazole rings is 1. The number of para-hydroxylation sites is 2. The van der Waals surface area contributed by atoms with Gasteiger partial charge in [0.2, 0.25) is 5.91 Å². The summed E-state index contributed by atoms with van der Waals surface area (Å²) in [5.41, 5.74) is 1.58. The van der Waals surface area contributed by atoms with E-state index in [9.17, 15) is 4.79 Å². The average molecular weight is 362 g/mol. The predicted octanol–water partition coefficient (Wildman–Crippen LogP) is 3.40. The van der Waals surface area contributed by atoms with E-state index >= 15 is 0 Å². The van der Waals surface area contributed by atoms with Crippen LogP contribution >= 0.6 is 11.8 Å². The number of nitrogens with one attached hydrogen (secondary N) is 1. The quantitative estimate of drug-likeness (QED) is 0.799. The molecular formula is C19H27N3O2S. The summed E-state index contributed by atoms with van der Waals surface area (Å²) in [6.07, 6.45) is 1.30. The lowest BCUT2D eigenvalue weighted by Crippen LogP contribution is -2.47. The number of likely N-dealkylation sites (tertiary alicyclic amines) is 1. The van der Waals surface area contributed by atoms with E-state index in [1.807, 2.05) is 24.3 Å². The number of fused-ring (bicyclic) bond motifs is 1. The van der Waals surface area contributed by atoms with Crippen LogP contribution in [0.1, 0.15) is 27.2 Å². The van der Waals surface area contributed by atoms with Gasteiger partial charge in [0.1, 0.15) is 5.52 Å². The fraction of sp³-hybridized carbons (Fsp3) is 0.579. The van der Waals surface area contributed by atoms with Crippen LogP contribution in [-0.2, 0) is 4.79 Å². The average Bonchev–Trinajstić information content (AvgIpc) is 2.94. The smallest absolute Gasteiger partial charge is 0.257 e. The molecule has 3 atom stereocenters. The van der Waals surface area contributed by atoms with Gasteiger partial charge in [-0.05, 0) is 37.3 Å². The molecule has 2 heterocycles. The molecule has 5 nitrogen and oxygen atoms in total. The summed E-state index contributed by atoms with van der Waals surface area (Å²) in [7, 11) is 0. The molecule has 1 saturated heterocycles. The van der Waals surface area contributed by atoms with Gasteiger partial charge < -0.3 is 14.6 Å². The Morgan fingerprint density at radius 3 is 2.80 bits per heavy atom. The zero-order chi connectivity index (χ0) is 17.8. The third-order valence-corrected chi connectivity index (χ3v) is 5.31. The molecule has 1 fully saturated rings. The second-order valence-corrected chi connectivity index (χ2v) is 8.30. The molecule has 0 bridgehead atoms. The lowest BCUT2D eigenvalue weighted by atomic mass is 9.92. The molecule has 6 heteroatoms. The van der Waals surface area contributed by atoms with Gasteiger partial charge in [-0.1, -0.05) is 37.7 Å². The summed E-state index contributed by atoms with van der Waals surface area (Å²) < 4.78 is 5.63. The number of aromatic nitrogens is 1. The first-order valence-corrected chi connectivity index (χ1v) is 9.98. The SMILES string of the molecule is CC1CC(C)CN(CC(C)NC(=O)CSc2nc3ccccc3o2)C1. The van der Waals surface area contributed by atoms with Gasteiger partial charge in [0.15, 0.2) is 5.58 Å². The molecule has 25 heavy (non-hydrogen) atoms. The Balaban J connectivity index is 1.43. The number of piperidine rings is 1. The fourth-order valence-corrected chi connectivity index (χ4v) is 4.38. The molecular weight excluding hydrogens is 334 g/mol. The molecule has 3 unspecified atom stereocenters. The molecule has 1 aromatic heterocycles. The number of hydrogen-bond donors (Lipinski definition) is 1. The number of carbonyl (C=O) groups is 1. The maximum absolute atomic E-state index is 12.2. The largest absolute Gasteiger partial charge is 0.431 e. The first-order chi connectivity index (χ1) is 12.0. The summed E-state index contributed by atoms with van der Waals surface area (Å²) in [5.74, 6) is 1.82. The third-order valence-electron chi connectivity index (χ3n) is 4.48. The van der Waals surface area contributed by atoms with Crippen LogP contribution in [0.4, 0.5) is 0 Å². The number of benzene rings is 1. The van der Waals surface area contributed by atoms with Gasteiger partial charge in [-0.15, -0.1) is 0 Å². The van der Waals surface area contributed by atoms with E-state index in [2.05, 4.69) is 36.0 Å². The summed E-state index contributed by atoms with van der Waals surface area (Å²) in [4.78, 5) is 19.0. The van der Waals surface area contributed by atoms with Gasteiger partial charge in [0.05, 0.1) is 5.75 Å². The van der Waals surface area contributed by atoms with Gasteiger partial charge in [0.25, 0.3) is 5.22 Å². The maximum atomic E-state index is 12.2. The van der Waals surface area contributed by atoms with Crippen LogP contribution < -0.4 is 5.32 Å². The number of carbonyl (C=O) groups excluding carboxylic acids is 1. The minimum absolute atomic E-state index is 0.0258. The van der Waals surface area contributed by atoms with Crippen LogP contribution in [-0.4, -0.2) is 47.2 Å². The Morgan fingerprint density at radius 2 is 2.08 bits per heavy atom. The fourth-order valence-electron chi connectivity index (χ4n) is 3.73. The molecule has 1 aliphatic heterocycles. The molecule has 0 saturated carbocycles. The number of thioether (sulfide) groups is 1. The van der Waals surface area contributed by atoms with Gasteiger partial charge in [0, 0.05) is 25.7 Å². The van der Waals surface area contributed by atoms with E-state index in [0.717, 1.165) is 42.6 Å². The molecule has 3 rings (SSSR count). The van der Waals surface area contributed by atoms with E-state index < -0.39 is 0 Å². The van der Waals surface area contributed by atoms with Crippen LogP contribution in [0.2, 0.25) is 0 Å². The van der Waals surface area contributed by atoms with Crippen molar-refractivity contribution in [3.8, 4) is 0 Å². The normalized spacial score (nSPS) is 22.8. The van der Waals surface area contributed by atoms with Gasteiger partial charge in [-0.2, -0.15) is 0 Å². The Kier molecular flexibility index (Phi) is 6.02. The minimum Gasteiger partial charge on any atom is -0.431 e. The van der Waals surface area contributed by atoms with Crippen LogP contribution in [0, 0.1) is 11.8 Å². The second kappa shape index (κ2) is 8.23. The first kappa shape index (κ1) is 18.3. The topological polar surface area (TPSA) is 58.4 Å². The highest BCUT2D eigenvalue weighted by Crippen LogP contribution is 2.23. The van der Waals surface area contributed by atoms with Crippen molar-refractivity contribution in [2.75, 3.05) is 25.4 Å². The van der Waals surface area contributed by atoms with Crippen molar-refractivity contribution in [2.24, 2.45) is 11.8 Å². The van der Waals surface area contributed by atoms with E-state index in [1.165, 1.54) is 18.2 Å². The van der Waals surface area contributed by atoms with E-state index in [4.69, 9.17) is 4.42 Å². The number of nitrogens with zero attached hydrogens (tertiary/aromatic N) is 2. The second-order valence-electron chi connectivity index (χ2n) is 7.37. The monoisotopic (exact) mass is 361 g/mol. The van der Waals surface area contributed by atoms with Crippen molar-refractivity contribution in [2.45, 2.75) is 38.5 Å². The highest BCUT2D eigenvalue weighted by Gasteiger charge is 2.23. The standard InChI is InChI=1S/C19H27N3O2S/c1-13-8-14(2)10-22(9-13)11-15(3)20-18(23)12-25-19-21-16-6-4-5-7-17(16)24-19/h4-7,13-15H,8-12H2,1-3H3,(H,20,23). The molecule has 0 aliphatic carbocycles. The van der Waals surface area contributed by atoms with Crippen molar-refractivity contribution in [3.63, 3.8) is 0 Å². The number of rotatable bonds is 6. The number of amides is 1. The first-order valence-electron chi connectivity index (χ1n) is 8.99. The lowest BCUT2D eigenvalue weighted by molar-refractivity contribution is -0.119. The third kappa shape index (κ3) is 5.22. The Morgan fingerprint density at radius 1 is 1.36 bits per heavy atom. The Bertz CT molecular complexity index is 675. The zero-order valence-electron chi connectivity index (χ0n) is 15.2. The van der Waals surface area contributed by atoms with Crippen LogP contribution in [0.15, 0.2) is 33.9 Å². The summed E-state index contributed by atoms with van der Waals surface area (Å²) in [6.45, 7) is 9.86. The number of hydrogen-bond acceptors (Lipinski definition) is 5. The minimum atomic E-state index is 0.0258. The molecule has 0 radical (unpaired) electrons. The van der Waals surface area contributed by atoms with Crippen molar-refractivity contribution in [3.05, 3.63) is 24.3 Å². The highest BCUT2D eigenvalue weighted by molar-refractivity contribution is 7.99. The van der Waals surface area contributed by atoms with Crippen LogP contribution in [0.3, 0.4) is 0 Å². The van der Waals surface area contributed by atoms with E-state index in [1.54, 1.807) is 0 Å². The van der Waals surface area contributed by atoms with Crippen LogP contribution in [0.25, 0.3) is 11.1 Å². The highest BCUT2D eigenvalue weighted by atomic mass is 32.2. The Hall–Kier alpha value is -1.53. The van der Waals surface area contributed by atoms with Crippen molar-refractivity contribution >= 4 is 28.8 Å². The lowest BCUT2D eigenvalue weighted by Gasteiger charge is -2.36. The van der Waals surface area contributed by atoms with E-state index in [0.29, 0.717) is 11.0 Å². The molecule has 0 spiro atoms. The van der Waals surface area contributed by atoms with Gasteiger partial charge in [-0.3, -0.25) is 4.79 Å². The predicted molar refractivity (Wildman–Crippen MR) is 102 cm³/mol. The molecule has 1 amide bonds. The van der Waals surface area contributed by atoms with Gasteiger partial charge >= 0.3 is 0 Å². The van der Waals surface area contributed by atoms with Crippen molar-refractivity contribution < 1.29 is 9.21 Å². The molecule has 1 aromatic carbocycles. The molecule has 1 N–H and O–H groups in total. The maximum Gasteiger partial charge on any atom is 0.257 e. The molecule has 136 valence electrons. The zero-order valence-corrected chi connectivity index (χ0v) is 16.0. The van der Waals surface area contributed by atoms with Crippen molar-refractivity contribution in [1.82, 2.24) is 15.2 Å². The summed E-state index contributed by atoms with van der Waals surface area (Å²) in [5, 5.41) is 3.63. The summed E-state index contributed by atoms with van der Waals surface area (Å²) >= 11 is 1.34. The van der Waals surface area contributed by atoms with E-state index in [-0.39, 0.29) is 11.9 Å². The van der Waals surface area contributed by atoms with Crippen molar-refractivity contribution in [1.29, 1.82) is 0 Å². The molecule has 2 aromatic rings. The summed E-state index contributed by atoms with van der Waals surface area (Å²) in [6, 6.07) is 7.78.